The largest absolute Gasteiger partial charge is 0.417 e. The Morgan fingerprint density at radius 2 is 1.80 bits per heavy atom. The van der Waals surface area contributed by atoms with Crippen LogP contribution in [0.5, 0.6) is 0 Å². The van der Waals surface area contributed by atoms with Gasteiger partial charge in [0.25, 0.3) is 0 Å². The number of anilines is 1. The van der Waals surface area contributed by atoms with Gasteiger partial charge in [0.1, 0.15) is 17.3 Å². The molecule has 1 aromatic heterocycles. The Kier molecular flexibility index (Phi) is 3.50. The molecule has 0 spiro atoms. The van der Waals surface area contributed by atoms with Crippen LogP contribution >= 0.6 is 0 Å². The van der Waals surface area contributed by atoms with E-state index in [1.165, 1.54) is 12.1 Å². The van der Waals surface area contributed by atoms with Gasteiger partial charge in [0, 0.05) is 11.6 Å². The summed E-state index contributed by atoms with van der Waals surface area (Å²) < 4.78 is 40.9. The maximum Gasteiger partial charge on any atom is 0.417 e. The molecule has 20 heavy (non-hydrogen) atoms. The highest BCUT2D eigenvalue weighted by Gasteiger charge is 2.34. The monoisotopic (exact) mass is 283 g/mol. The molecule has 1 heterocycles. The first-order chi connectivity index (χ1) is 9.23. The smallest absolute Gasteiger partial charge is 0.383 e. The molecule has 3 nitrogen and oxygen atoms in total. The number of nitrogens with two attached hydrogens (primary N) is 1. The molecule has 0 bridgehead atoms. The number of hydrogen-bond donors (Lipinski definition) is 1. The molecule has 0 saturated heterocycles. The molecule has 0 fully saturated rings. The fraction of sp³-hybridized carbons (Fsp3) is 0.357. The molecule has 0 amide bonds. The van der Waals surface area contributed by atoms with Crippen molar-refractivity contribution >= 4 is 5.82 Å². The molecular weight excluding hydrogens is 267 g/mol. The van der Waals surface area contributed by atoms with Crippen LogP contribution in [0.1, 0.15) is 31.3 Å². The lowest BCUT2D eigenvalue weighted by molar-refractivity contribution is -0.137. The summed E-state index contributed by atoms with van der Waals surface area (Å²) >= 11 is 0. The minimum atomic E-state index is -4.43. The van der Waals surface area contributed by atoms with Crippen molar-refractivity contribution in [2.24, 2.45) is 0 Å². The summed E-state index contributed by atoms with van der Waals surface area (Å²) in [6.45, 7) is 5.55. The normalized spacial score (nSPS) is 12.2. The van der Waals surface area contributed by atoms with Crippen molar-refractivity contribution < 1.29 is 13.2 Å². The average molecular weight is 283 g/mol. The van der Waals surface area contributed by atoms with Crippen LogP contribution in [0.15, 0.2) is 24.3 Å². The van der Waals surface area contributed by atoms with Gasteiger partial charge in [-0.15, -0.1) is 0 Å². The summed E-state index contributed by atoms with van der Waals surface area (Å²) in [5, 5.41) is 0. The lowest BCUT2D eigenvalue weighted by Gasteiger charge is -2.13. The SMILES string of the molecule is Cc1nc(-c2ccccc2C(F)(F)F)c(N)n1C(C)C. The zero-order valence-corrected chi connectivity index (χ0v) is 11.5. The second kappa shape index (κ2) is 4.85. The van der Waals surface area contributed by atoms with Crippen molar-refractivity contribution in [3.8, 4) is 11.3 Å². The van der Waals surface area contributed by atoms with E-state index in [-0.39, 0.29) is 23.1 Å². The van der Waals surface area contributed by atoms with Crippen LogP contribution in [0.25, 0.3) is 11.3 Å². The maximum absolute atomic E-state index is 13.1. The topological polar surface area (TPSA) is 43.8 Å². The van der Waals surface area contributed by atoms with Crippen LogP contribution in [-0.4, -0.2) is 9.55 Å². The minimum Gasteiger partial charge on any atom is -0.383 e. The van der Waals surface area contributed by atoms with Gasteiger partial charge in [0.05, 0.1) is 5.56 Å². The number of imidazole rings is 1. The number of halogens is 3. The van der Waals surface area contributed by atoms with Crippen LogP contribution < -0.4 is 5.73 Å². The fourth-order valence-corrected chi connectivity index (χ4v) is 2.35. The van der Waals surface area contributed by atoms with E-state index < -0.39 is 11.7 Å². The number of hydrogen-bond acceptors (Lipinski definition) is 2. The molecule has 0 saturated carbocycles. The molecule has 2 aromatic rings. The molecule has 0 aliphatic heterocycles. The van der Waals surface area contributed by atoms with Crippen LogP contribution in [0, 0.1) is 6.92 Å². The van der Waals surface area contributed by atoms with E-state index in [1.54, 1.807) is 17.6 Å². The van der Waals surface area contributed by atoms with Gasteiger partial charge in [0.15, 0.2) is 0 Å². The molecule has 0 atom stereocenters. The van der Waals surface area contributed by atoms with Gasteiger partial charge in [-0.25, -0.2) is 4.98 Å². The Morgan fingerprint density at radius 3 is 2.30 bits per heavy atom. The Morgan fingerprint density at radius 1 is 1.20 bits per heavy atom. The van der Waals surface area contributed by atoms with E-state index >= 15 is 0 Å². The predicted molar refractivity (Wildman–Crippen MR) is 72.2 cm³/mol. The van der Waals surface area contributed by atoms with Crippen molar-refractivity contribution in [3.63, 3.8) is 0 Å². The summed E-state index contributed by atoms with van der Waals surface area (Å²) in [6.07, 6.45) is -4.43. The Labute approximate surface area is 115 Å². The van der Waals surface area contributed by atoms with Gasteiger partial charge in [-0.05, 0) is 26.8 Å². The third kappa shape index (κ3) is 2.37. The van der Waals surface area contributed by atoms with Crippen LogP contribution in [0.4, 0.5) is 19.0 Å². The Hall–Kier alpha value is -1.98. The fourth-order valence-electron chi connectivity index (χ4n) is 2.35. The first-order valence-corrected chi connectivity index (χ1v) is 6.24. The molecule has 2 N–H and O–H groups in total. The Bertz CT molecular complexity index is 627. The highest BCUT2D eigenvalue weighted by atomic mass is 19.4. The van der Waals surface area contributed by atoms with E-state index in [4.69, 9.17) is 5.73 Å². The van der Waals surface area contributed by atoms with Crippen LogP contribution in [0.3, 0.4) is 0 Å². The van der Waals surface area contributed by atoms with Crippen molar-refractivity contribution in [1.82, 2.24) is 9.55 Å². The summed E-state index contributed by atoms with van der Waals surface area (Å²) in [7, 11) is 0. The van der Waals surface area contributed by atoms with Crippen LogP contribution in [0.2, 0.25) is 0 Å². The molecule has 6 heteroatoms. The van der Waals surface area contributed by atoms with Crippen molar-refractivity contribution in [2.75, 3.05) is 5.73 Å². The number of rotatable bonds is 2. The zero-order chi connectivity index (χ0) is 15.1. The van der Waals surface area contributed by atoms with Gasteiger partial charge in [-0.3, -0.25) is 0 Å². The lowest BCUT2D eigenvalue weighted by Crippen LogP contribution is -2.09. The molecular formula is C14H16F3N3. The molecule has 108 valence electrons. The van der Waals surface area contributed by atoms with Gasteiger partial charge in [0.2, 0.25) is 0 Å². The van der Waals surface area contributed by atoms with E-state index in [0.717, 1.165) is 6.07 Å². The second-order valence-corrected chi connectivity index (χ2v) is 4.90. The van der Waals surface area contributed by atoms with Gasteiger partial charge < -0.3 is 10.3 Å². The van der Waals surface area contributed by atoms with Crippen molar-refractivity contribution in [2.45, 2.75) is 33.0 Å². The highest BCUT2D eigenvalue weighted by molar-refractivity contribution is 5.74. The van der Waals surface area contributed by atoms with Crippen molar-refractivity contribution in [1.29, 1.82) is 0 Å². The van der Waals surface area contributed by atoms with Gasteiger partial charge in [-0.2, -0.15) is 13.2 Å². The molecule has 0 unspecified atom stereocenters. The van der Waals surface area contributed by atoms with Gasteiger partial charge >= 0.3 is 6.18 Å². The summed E-state index contributed by atoms with van der Waals surface area (Å²) in [5.74, 6) is 0.860. The predicted octanol–water partition coefficient (Wildman–Crippen LogP) is 4.04. The number of aromatic nitrogens is 2. The number of alkyl halides is 3. The summed E-state index contributed by atoms with van der Waals surface area (Å²) in [6, 6.07) is 5.38. The van der Waals surface area contributed by atoms with Gasteiger partial charge in [-0.1, -0.05) is 18.2 Å². The number of nitrogen functional groups attached to an aromatic ring is 1. The summed E-state index contributed by atoms with van der Waals surface area (Å²) in [5.41, 5.74) is 5.46. The third-order valence-electron chi connectivity index (χ3n) is 3.13. The lowest BCUT2D eigenvalue weighted by atomic mass is 10.0. The molecule has 1 aromatic carbocycles. The first-order valence-electron chi connectivity index (χ1n) is 6.24. The number of benzene rings is 1. The van der Waals surface area contributed by atoms with E-state index in [2.05, 4.69) is 4.98 Å². The third-order valence-corrected chi connectivity index (χ3v) is 3.13. The molecule has 2 rings (SSSR count). The van der Waals surface area contributed by atoms with Crippen LogP contribution in [-0.2, 0) is 6.18 Å². The minimum absolute atomic E-state index is 0.0139. The maximum atomic E-state index is 13.1. The standard InChI is InChI=1S/C14H16F3N3/c1-8(2)20-9(3)19-12(13(20)18)10-6-4-5-7-11(10)14(15,16)17/h4-8H,18H2,1-3H3. The average Bonchev–Trinajstić information content (AvgIpc) is 2.63. The highest BCUT2D eigenvalue weighted by Crippen LogP contribution is 2.39. The number of aryl methyl sites for hydroxylation is 1. The second-order valence-electron chi connectivity index (χ2n) is 4.90. The molecule has 0 aliphatic rings. The van der Waals surface area contributed by atoms with Crippen molar-refractivity contribution in [3.05, 3.63) is 35.7 Å². The van der Waals surface area contributed by atoms with E-state index in [1.807, 2.05) is 13.8 Å². The first kappa shape index (κ1) is 14.4. The quantitative estimate of drug-likeness (QED) is 0.904. The molecule has 0 radical (unpaired) electrons. The van der Waals surface area contributed by atoms with E-state index in [0.29, 0.717) is 5.82 Å². The Balaban J connectivity index is 2.68. The van der Waals surface area contributed by atoms with E-state index in [9.17, 15) is 13.2 Å². The number of nitrogens with zero attached hydrogens (tertiary/aromatic N) is 2. The molecule has 0 aliphatic carbocycles. The zero-order valence-electron chi connectivity index (χ0n) is 11.5. The summed E-state index contributed by atoms with van der Waals surface area (Å²) in [4.78, 5) is 4.21.